The fourth-order valence-corrected chi connectivity index (χ4v) is 3.06. The van der Waals surface area contributed by atoms with Gasteiger partial charge in [-0.1, -0.05) is 20.8 Å². The SMILES string of the molecule is CCN[SiH](OC(C)(C)CC)OC(C)(C)CC. The average Bonchev–Trinajstić information content (AvgIpc) is 2.17. The molecular formula is C12H29NO2Si. The van der Waals surface area contributed by atoms with Gasteiger partial charge in [-0.25, -0.2) is 0 Å². The van der Waals surface area contributed by atoms with Crippen LogP contribution in [0.1, 0.15) is 61.3 Å². The second-order valence-corrected chi connectivity index (χ2v) is 6.90. The molecule has 0 aromatic carbocycles. The van der Waals surface area contributed by atoms with Crippen LogP contribution in [0.3, 0.4) is 0 Å². The Morgan fingerprint density at radius 3 is 1.50 bits per heavy atom. The summed E-state index contributed by atoms with van der Waals surface area (Å²) in [6, 6.07) is 0. The fourth-order valence-electron chi connectivity index (χ4n) is 1.02. The lowest BCUT2D eigenvalue weighted by atomic mass is 10.1. The van der Waals surface area contributed by atoms with Crippen molar-refractivity contribution in [3.05, 3.63) is 0 Å². The van der Waals surface area contributed by atoms with Crippen molar-refractivity contribution in [1.82, 2.24) is 4.98 Å². The average molecular weight is 247 g/mol. The molecular weight excluding hydrogens is 218 g/mol. The molecule has 16 heavy (non-hydrogen) atoms. The first-order chi connectivity index (χ1) is 7.26. The van der Waals surface area contributed by atoms with Gasteiger partial charge in [-0.05, 0) is 47.1 Å². The first kappa shape index (κ1) is 16.1. The zero-order chi connectivity index (χ0) is 12.8. The highest BCUT2D eigenvalue weighted by atomic mass is 28.3. The van der Waals surface area contributed by atoms with Crippen molar-refractivity contribution in [3.8, 4) is 0 Å². The first-order valence-corrected chi connectivity index (χ1v) is 7.87. The number of hydrogen-bond donors (Lipinski definition) is 1. The Morgan fingerprint density at radius 1 is 0.875 bits per heavy atom. The van der Waals surface area contributed by atoms with Crippen LogP contribution in [0, 0.1) is 0 Å². The summed E-state index contributed by atoms with van der Waals surface area (Å²) < 4.78 is 12.1. The normalized spacial score (nSPS) is 13.5. The third-order valence-electron chi connectivity index (χ3n) is 2.93. The maximum Gasteiger partial charge on any atom is 0.409 e. The number of rotatable bonds is 8. The molecule has 0 bridgehead atoms. The highest BCUT2D eigenvalue weighted by Crippen LogP contribution is 2.19. The summed E-state index contributed by atoms with van der Waals surface area (Å²) in [5.74, 6) is 0. The monoisotopic (exact) mass is 247 g/mol. The van der Waals surface area contributed by atoms with E-state index in [2.05, 4.69) is 53.4 Å². The predicted molar refractivity (Wildman–Crippen MR) is 71.7 cm³/mol. The van der Waals surface area contributed by atoms with E-state index in [1.165, 1.54) is 0 Å². The molecule has 0 aliphatic carbocycles. The Kier molecular flexibility index (Phi) is 6.78. The first-order valence-electron chi connectivity index (χ1n) is 6.35. The van der Waals surface area contributed by atoms with Gasteiger partial charge in [0, 0.05) is 0 Å². The molecule has 0 saturated carbocycles. The van der Waals surface area contributed by atoms with Crippen LogP contribution in [0.4, 0.5) is 0 Å². The van der Waals surface area contributed by atoms with E-state index in [-0.39, 0.29) is 11.2 Å². The summed E-state index contributed by atoms with van der Waals surface area (Å²) in [5, 5.41) is 0. The van der Waals surface area contributed by atoms with Gasteiger partial charge in [-0.3, -0.25) is 4.98 Å². The lowest BCUT2D eigenvalue weighted by Crippen LogP contribution is -2.49. The molecule has 0 aromatic rings. The van der Waals surface area contributed by atoms with E-state index in [4.69, 9.17) is 8.85 Å². The topological polar surface area (TPSA) is 30.5 Å². The van der Waals surface area contributed by atoms with Gasteiger partial charge in [0.2, 0.25) is 0 Å². The van der Waals surface area contributed by atoms with Gasteiger partial charge in [-0.2, -0.15) is 0 Å². The molecule has 0 fully saturated rings. The summed E-state index contributed by atoms with van der Waals surface area (Å²) in [6.45, 7) is 15.7. The molecule has 1 N–H and O–H groups in total. The number of hydrogen-bond acceptors (Lipinski definition) is 3. The van der Waals surface area contributed by atoms with Crippen molar-refractivity contribution in [3.63, 3.8) is 0 Å². The van der Waals surface area contributed by atoms with Crippen molar-refractivity contribution >= 4 is 9.45 Å². The van der Waals surface area contributed by atoms with E-state index in [0.717, 1.165) is 19.4 Å². The van der Waals surface area contributed by atoms with Crippen molar-refractivity contribution in [2.45, 2.75) is 72.5 Å². The third-order valence-corrected chi connectivity index (χ3v) is 5.37. The summed E-state index contributed by atoms with van der Waals surface area (Å²) >= 11 is 0. The number of nitrogens with one attached hydrogen (secondary N) is 1. The van der Waals surface area contributed by atoms with Gasteiger partial charge in [0.15, 0.2) is 0 Å². The molecule has 0 aliphatic heterocycles. The van der Waals surface area contributed by atoms with Gasteiger partial charge >= 0.3 is 9.45 Å². The van der Waals surface area contributed by atoms with E-state index in [9.17, 15) is 0 Å². The van der Waals surface area contributed by atoms with Crippen LogP contribution in [-0.4, -0.2) is 27.2 Å². The van der Waals surface area contributed by atoms with Crippen LogP contribution in [0.15, 0.2) is 0 Å². The molecule has 0 rings (SSSR count). The Hall–Kier alpha value is 0.0969. The molecule has 3 nitrogen and oxygen atoms in total. The lowest BCUT2D eigenvalue weighted by Gasteiger charge is -2.34. The minimum absolute atomic E-state index is 0.0944. The highest BCUT2D eigenvalue weighted by Gasteiger charge is 2.29. The van der Waals surface area contributed by atoms with Gasteiger partial charge in [0.25, 0.3) is 0 Å². The molecule has 0 heterocycles. The Balaban J connectivity index is 4.38. The molecule has 0 atom stereocenters. The molecule has 0 amide bonds. The van der Waals surface area contributed by atoms with Crippen LogP contribution in [0.2, 0.25) is 0 Å². The third kappa shape index (κ3) is 6.63. The molecule has 0 radical (unpaired) electrons. The van der Waals surface area contributed by atoms with Gasteiger partial charge < -0.3 is 8.85 Å². The Morgan fingerprint density at radius 2 is 1.25 bits per heavy atom. The van der Waals surface area contributed by atoms with Gasteiger partial charge in [-0.15, -0.1) is 0 Å². The smallest absolute Gasteiger partial charge is 0.380 e. The molecule has 0 unspecified atom stereocenters. The largest absolute Gasteiger partial charge is 0.409 e. The quantitative estimate of drug-likeness (QED) is 0.669. The second kappa shape index (κ2) is 6.74. The second-order valence-electron chi connectivity index (χ2n) is 5.35. The van der Waals surface area contributed by atoms with Gasteiger partial charge in [0.1, 0.15) is 0 Å². The molecule has 0 spiro atoms. The molecule has 4 heteroatoms. The molecule has 0 aliphatic rings. The van der Waals surface area contributed by atoms with Crippen molar-refractivity contribution in [1.29, 1.82) is 0 Å². The van der Waals surface area contributed by atoms with Crippen molar-refractivity contribution in [2.75, 3.05) is 6.54 Å². The van der Waals surface area contributed by atoms with Crippen molar-refractivity contribution < 1.29 is 8.85 Å². The minimum atomic E-state index is -1.77. The van der Waals surface area contributed by atoms with Crippen LogP contribution >= 0.6 is 0 Å². The Bertz CT molecular complexity index is 177. The standard InChI is InChI=1S/C12H29NO2Si/c1-8-11(4,5)14-16(13-10-3)15-12(6,7)9-2/h13,16H,8-10H2,1-7H3. The fraction of sp³-hybridized carbons (Fsp3) is 1.00. The molecule has 0 aromatic heterocycles. The zero-order valence-electron chi connectivity index (χ0n) is 12.0. The van der Waals surface area contributed by atoms with E-state index in [1.807, 2.05) is 0 Å². The predicted octanol–water partition coefficient (Wildman–Crippen LogP) is 2.72. The van der Waals surface area contributed by atoms with E-state index in [0.29, 0.717) is 0 Å². The van der Waals surface area contributed by atoms with E-state index < -0.39 is 9.45 Å². The zero-order valence-corrected chi connectivity index (χ0v) is 13.2. The van der Waals surface area contributed by atoms with Crippen LogP contribution in [0.25, 0.3) is 0 Å². The van der Waals surface area contributed by atoms with Crippen LogP contribution in [-0.2, 0) is 8.85 Å². The summed E-state index contributed by atoms with van der Waals surface area (Å²) in [5.41, 5.74) is -0.189. The van der Waals surface area contributed by atoms with E-state index >= 15 is 0 Å². The lowest BCUT2D eigenvalue weighted by molar-refractivity contribution is 0.00862. The minimum Gasteiger partial charge on any atom is -0.380 e. The highest BCUT2D eigenvalue weighted by molar-refractivity contribution is 6.41. The maximum absolute atomic E-state index is 6.07. The Labute approximate surface area is 103 Å². The molecule has 98 valence electrons. The van der Waals surface area contributed by atoms with Gasteiger partial charge in [0.05, 0.1) is 11.2 Å². The van der Waals surface area contributed by atoms with Crippen molar-refractivity contribution in [2.24, 2.45) is 0 Å². The van der Waals surface area contributed by atoms with E-state index in [1.54, 1.807) is 0 Å². The summed E-state index contributed by atoms with van der Waals surface area (Å²) in [6.07, 6.45) is 2.00. The maximum atomic E-state index is 6.07. The van der Waals surface area contributed by atoms with Crippen LogP contribution in [0.5, 0.6) is 0 Å². The molecule has 0 saturated heterocycles. The summed E-state index contributed by atoms with van der Waals surface area (Å²) in [4.78, 5) is 3.36. The summed E-state index contributed by atoms with van der Waals surface area (Å²) in [7, 11) is -1.77. The van der Waals surface area contributed by atoms with Crippen LogP contribution < -0.4 is 4.98 Å².